The van der Waals surface area contributed by atoms with Crippen molar-refractivity contribution in [1.82, 2.24) is 9.78 Å². The highest BCUT2D eigenvalue weighted by molar-refractivity contribution is 5.80. The van der Waals surface area contributed by atoms with E-state index >= 15 is 0 Å². The number of hydrogen-bond donors (Lipinski definition) is 1. The molecule has 7 nitrogen and oxygen atoms in total. The maximum Gasteiger partial charge on any atom is 0.155 e. The van der Waals surface area contributed by atoms with Crippen LogP contribution in [0.3, 0.4) is 0 Å². The molecule has 0 saturated heterocycles. The van der Waals surface area contributed by atoms with Crippen LogP contribution in [0.4, 0.5) is 17.2 Å². The van der Waals surface area contributed by atoms with Gasteiger partial charge in [0.25, 0.3) is 0 Å². The minimum absolute atomic E-state index is 0.435. The number of nitrogens with two attached hydrogens (primary N) is 1. The molecule has 0 atom stereocenters. The Labute approximate surface area is 145 Å². The van der Waals surface area contributed by atoms with Gasteiger partial charge in [0.15, 0.2) is 5.69 Å². The van der Waals surface area contributed by atoms with Crippen molar-refractivity contribution in [2.45, 2.75) is 0 Å². The monoisotopic (exact) mass is 337 g/mol. The van der Waals surface area contributed by atoms with E-state index in [0.29, 0.717) is 28.6 Å². The zero-order valence-corrected chi connectivity index (χ0v) is 14.3. The summed E-state index contributed by atoms with van der Waals surface area (Å²) < 4.78 is 12.1. The number of rotatable bonds is 5. The molecular formula is C18H19N5O2. The molecule has 2 aromatic carbocycles. The van der Waals surface area contributed by atoms with Crippen molar-refractivity contribution in [3.63, 3.8) is 0 Å². The fourth-order valence-electron chi connectivity index (χ4n) is 2.38. The van der Waals surface area contributed by atoms with E-state index in [9.17, 15) is 0 Å². The van der Waals surface area contributed by atoms with Crippen molar-refractivity contribution in [2.75, 3.05) is 20.0 Å². The second-order valence-corrected chi connectivity index (χ2v) is 5.31. The van der Waals surface area contributed by atoms with Gasteiger partial charge in [-0.1, -0.05) is 12.1 Å². The second-order valence-electron chi connectivity index (χ2n) is 5.31. The predicted octanol–water partition coefficient (Wildman–Crippen LogP) is 4.10. The van der Waals surface area contributed by atoms with E-state index in [-0.39, 0.29) is 0 Å². The van der Waals surface area contributed by atoms with Gasteiger partial charge in [-0.25, -0.2) is 0 Å². The van der Waals surface area contributed by atoms with Crippen molar-refractivity contribution >= 4 is 17.2 Å². The summed E-state index contributed by atoms with van der Waals surface area (Å²) in [5.74, 6) is 1.84. The van der Waals surface area contributed by atoms with Crippen LogP contribution in [-0.4, -0.2) is 24.0 Å². The van der Waals surface area contributed by atoms with Crippen LogP contribution in [0.2, 0.25) is 0 Å². The molecule has 1 heterocycles. The van der Waals surface area contributed by atoms with Crippen molar-refractivity contribution in [3.05, 3.63) is 48.5 Å². The van der Waals surface area contributed by atoms with Crippen LogP contribution in [0.1, 0.15) is 0 Å². The first-order valence-corrected chi connectivity index (χ1v) is 7.65. The summed E-state index contributed by atoms with van der Waals surface area (Å²) in [6, 6.07) is 14.9. The number of ether oxygens (including phenoxy) is 2. The topological polar surface area (TPSA) is 87.0 Å². The highest BCUT2D eigenvalue weighted by Gasteiger charge is 2.16. The molecule has 0 amide bonds. The third-order valence-corrected chi connectivity index (χ3v) is 3.77. The van der Waals surface area contributed by atoms with Crippen LogP contribution in [0.25, 0.3) is 11.3 Å². The molecule has 0 saturated carbocycles. The Morgan fingerprint density at radius 1 is 0.960 bits per heavy atom. The van der Waals surface area contributed by atoms with Crippen LogP contribution >= 0.6 is 0 Å². The highest BCUT2D eigenvalue weighted by atomic mass is 16.5. The number of nitrogen functional groups attached to an aromatic ring is 1. The van der Waals surface area contributed by atoms with E-state index < -0.39 is 0 Å². The average molecular weight is 337 g/mol. The molecule has 7 heteroatoms. The maximum absolute atomic E-state index is 6.12. The van der Waals surface area contributed by atoms with Crippen LogP contribution in [0, 0.1) is 0 Å². The minimum atomic E-state index is 0.435. The van der Waals surface area contributed by atoms with E-state index in [2.05, 4.69) is 15.3 Å². The molecule has 25 heavy (non-hydrogen) atoms. The largest absolute Gasteiger partial charge is 0.497 e. The summed E-state index contributed by atoms with van der Waals surface area (Å²) in [7, 11) is 4.99. The first-order valence-electron chi connectivity index (χ1n) is 7.65. The molecule has 0 spiro atoms. The molecule has 3 aromatic rings. The Morgan fingerprint density at radius 3 is 2.36 bits per heavy atom. The maximum atomic E-state index is 6.12. The standard InChI is InChI=1S/C18H19N5O2/c1-23-18(19)17(21-20-14-6-4-5-7-15(14)25-3)16(22-23)12-8-10-13(24-2)11-9-12/h4-11H,19H2,1-3H3. The summed E-state index contributed by atoms with van der Waals surface area (Å²) in [4.78, 5) is 0. The van der Waals surface area contributed by atoms with Gasteiger partial charge >= 0.3 is 0 Å². The van der Waals surface area contributed by atoms with Gasteiger partial charge in [-0.15, -0.1) is 10.2 Å². The smallest absolute Gasteiger partial charge is 0.155 e. The predicted molar refractivity (Wildman–Crippen MR) is 96.8 cm³/mol. The van der Waals surface area contributed by atoms with Crippen molar-refractivity contribution in [1.29, 1.82) is 0 Å². The number of nitrogens with zero attached hydrogens (tertiary/aromatic N) is 4. The Morgan fingerprint density at radius 2 is 1.68 bits per heavy atom. The van der Waals surface area contributed by atoms with Crippen LogP contribution in [0.5, 0.6) is 11.5 Å². The van der Waals surface area contributed by atoms with Gasteiger partial charge in [0.2, 0.25) is 0 Å². The fraction of sp³-hybridized carbons (Fsp3) is 0.167. The summed E-state index contributed by atoms with van der Waals surface area (Å²) in [5.41, 5.74) is 8.79. The first kappa shape index (κ1) is 16.5. The lowest BCUT2D eigenvalue weighted by Gasteiger charge is -2.03. The first-order chi connectivity index (χ1) is 12.1. The van der Waals surface area contributed by atoms with Gasteiger partial charge in [-0.3, -0.25) is 4.68 Å². The molecular weight excluding hydrogens is 318 g/mol. The summed E-state index contributed by atoms with van der Waals surface area (Å²) >= 11 is 0. The molecule has 0 unspecified atom stereocenters. The lowest BCUT2D eigenvalue weighted by molar-refractivity contribution is 0.415. The molecule has 2 N–H and O–H groups in total. The zero-order valence-electron chi connectivity index (χ0n) is 14.3. The molecule has 0 aliphatic heterocycles. The van der Waals surface area contributed by atoms with Crippen LogP contribution in [-0.2, 0) is 7.05 Å². The Balaban J connectivity index is 2.02. The fourth-order valence-corrected chi connectivity index (χ4v) is 2.38. The van der Waals surface area contributed by atoms with E-state index in [1.807, 2.05) is 48.5 Å². The van der Waals surface area contributed by atoms with Crippen LogP contribution in [0.15, 0.2) is 58.8 Å². The van der Waals surface area contributed by atoms with Gasteiger partial charge < -0.3 is 15.2 Å². The summed E-state index contributed by atoms with van der Waals surface area (Å²) in [5, 5.41) is 13.1. The van der Waals surface area contributed by atoms with Crippen molar-refractivity contribution in [2.24, 2.45) is 17.3 Å². The summed E-state index contributed by atoms with van der Waals surface area (Å²) in [6.45, 7) is 0. The average Bonchev–Trinajstić information content (AvgIpc) is 2.94. The second kappa shape index (κ2) is 7.04. The zero-order chi connectivity index (χ0) is 17.8. The number of aromatic nitrogens is 2. The Hall–Kier alpha value is -3.35. The number of aryl methyl sites for hydroxylation is 1. The minimum Gasteiger partial charge on any atom is -0.497 e. The molecule has 0 aliphatic carbocycles. The van der Waals surface area contributed by atoms with E-state index in [4.69, 9.17) is 15.2 Å². The third-order valence-electron chi connectivity index (χ3n) is 3.77. The van der Waals surface area contributed by atoms with E-state index in [0.717, 1.165) is 11.3 Å². The number of anilines is 1. The molecule has 0 aliphatic rings. The lowest BCUT2D eigenvalue weighted by Crippen LogP contribution is -1.96. The normalized spacial score (nSPS) is 11.0. The van der Waals surface area contributed by atoms with Gasteiger partial charge in [-0.05, 0) is 36.4 Å². The summed E-state index contributed by atoms with van der Waals surface area (Å²) in [6.07, 6.45) is 0. The van der Waals surface area contributed by atoms with Crippen molar-refractivity contribution in [3.8, 4) is 22.8 Å². The van der Waals surface area contributed by atoms with Gasteiger partial charge in [0.05, 0.1) is 14.2 Å². The molecule has 0 radical (unpaired) electrons. The highest BCUT2D eigenvalue weighted by Crippen LogP contribution is 2.37. The third kappa shape index (κ3) is 3.30. The molecule has 1 aromatic heterocycles. The number of benzene rings is 2. The SMILES string of the molecule is COc1ccc(-c2nn(C)c(N)c2N=Nc2ccccc2OC)cc1. The number of para-hydroxylation sites is 1. The molecule has 0 bridgehead atoms. The number of methoxy groups -OCH3 is 2. The molecule has 0 fully saturated rings. The van der Waals surface area contributed by atoms with Gasteiger partial charge in [-0.2, -0.15) is 5.10 Å². The van der Waals surface area contributed by atoms with Gasteiger partial charge in [0, 0.05) is 12.6 Å². The van der Waals surface area contributed by atoms with Crippen LogP contribution < -0.4 is 15.2 Å². The Kier molecular flexibility index (Phi) is 4.65. The lowest BCUT2D eigenvalue weighted by atomic mass is 10.1. The quantitative estimate of drug-likeness (QED) is 0.710. The molecule has 3 rings (SSSR count). The molecule has 128 valence electrons. The Bertz CT molecular complexity index is 900. The van der Waals surface area contributed by atoms with Crippen molar-refractivity contribution < 1.29 is 9.47 Å². The number of azo groups is 1. The van der Waals surface area contributed by atoms with E-state index in [1.54, 1.807) is 25.9 Å². The number of hydrogen-bond acceptors (Lipinski definition) is 6. The van der Waals surface area contributed by atoms with Gasteiger partial charge in [0.1, 0.15) is 28.7 Å². The van der Waals surface area contributed by atoms with E-state index in [1.165, 1.54) is 0 Å².